The molecule has 1 heterocycles. The number of carbonyl (C=O) groups is 3. The number of carboxylic acid groups (broad SMARTS) is 1. The second-order valence-electron chi connectivity index (χ2n) is 2.93. The molecule has 0 aliphatic carbocycles. The minimum atomic E-state index is -1.31. The minimum absolute atomic E-state index is 0.136. The SMILES string of the molecule is NC(=O)NCCNC(=O)c1cc(C(=O)O)on1. The lowest BCUT2D eigenvalue weighted by Gasteiger charge is -2.02. The van der Waals surface area contributed by atoms with E-state index in [9.17, 15) is 14.4 Å². The summed E-state index contributed by atoms with van der Waals surface area (Å²) < 4.78 is 4.39. The van der Waals surface area contributed by atoms with Crippen molar-refractivity contribution in [2.24, 2.45) is 5.73 Å². The Balaban J connectivity index is 2.41. The summed E-state index contributed by atoms with van der Waals surface area (Å²) in [6, 6.07) is 0.299. The van der Waals surface area contributed by atoms with Gasteiger partial charge in [-0.15, -0.1) is 0 Å². The van der Waals surface area contributed by atoms with Crippen LogP contribution in [-0.2, 0) is 0 Å². The van der Waals surface area contributed by atoms with Crippen LogP contribution in [0.2, 0.25) is 0 Å². The summed E-state index contributed by atoms with van der Waals surface area (Å²) in [7, 11) is 0. The Morgan fingerprint density at radius 3 is 2.53 bits per heavy atom. The molecule has 0 aliphatic rings. The summed E-state index contributed by atoms with van der Waals surface area (Å²) >= 11 is 0. The van der Waals surface area contributed by atoms with Crippen LogP contribution >= 0.6 is 0 Å². The van der Waals surface area contributed by atoms with E-state index in [1.807, 2.05) is 0 Å². The standard InChI is InChI=1S/C8H10N4O5/c9-8(16)11-2-1-10-6(13)4-3-5(7(14)15)17-12-4/h3H,1-2H2,(H,10,13)(H,14,15)(H3,9,11,16). The van der Waals surface area contributed by atoms with Crippen LogP contribution < -0.4 is 16.4 Å². The first-order chi connectivity index (χ1) is 8.00. The number of nitrogens with zero attached hydrogens (tertiary/aromatic N) is 1. The smallest absolute Gasteiger partial charge is 0.374 e. The van der Waals surface area contributed by atoms with Crippen molar-refractivity contribution in [3.8, 4) is 0 Å². The Morgan fingerprint density at radius 1 is 1.35 bits per heavy atom. The molecule has 0 radical (unpaired) electrons. The normalized spacial score (nSPS) is 9.65. The van der Waals surface area contributed by atoms with Gasteiger partial charge in [0.1, 0.15) is 0 Å². The fourth-order valence-corrected chi connectivity index (χ4v) is 0.935. The van der Waals surface area contributed by atoms with Gasteiger partial charge in [0.2, 0.25) is 5.76 Å². The van der Waals surface area contributed by atoms with Gasteiger partial charge in [-0.1, -0.05) is 5.16 Å². The second kappa shape index (κ2) is 5.49. The Morgan fingerprint density at radius 2 is 2.00 bits per heavy atom. The van der Waals surface area contributed by atoms with Crippen LogP contribution in [0.4, 0.5) is 4.79 Å². The zero-order valence-electron chi connectivity index (χ0n) is 8.60. The van der Waals surface area contributed by atoms with Gasteiger partial charge >= 0.3 is 12.0 Å². The van der Waals surface area contributed by atoms with Gasteiger partial charge in [0.25, 0.3) is 5.91 Å². The predicted octanol–water partition coefficient (Wildman–Crippen LogP) is -1.23. The molecular formula is C8H10N4O5. The van der Waals surface area contributed by atoms with E-state index in [0.29, 0.717) is 0 Å². The number of rotatable bonds is 5. The Kier molecular flexibility index (Phi) is 4.03. The molecule has 9 heteroatoms. The third-order valence-electron chi connectivity index (χ3n) is 1.66. The van der Waals surface area contributed by atoms with E-state index >= 15 is 0 Å². The first kappa shape index (κ1) is 12.5. The van der Waals surface area contributed by atoms with E-state index in [0.717, 1.165) is 6.07 Å². The molecule has 9 nitrogen and oxygen atoms in total. The molecule has 0 atom stereocenters. The maximum atomic E-state index is 11.4. The van der Waals surface area contributed by atoms with Crippen molar-refractivity contribution in [2.75, 3.05) is 13.1 Å². The van der Waals surface area contributed by atoms with Crippen molar-refractivity contribution in [1.29, 1.82) is 0 Å². The van der Waals surface area contributed by atoms with Gasteiger partial charge in [-0.25, -0.2) is 9.59 Å². The predicted molar refractivity (Wildman–Crippen MR) is 53.4 cm³/mol. The number of urea groups is 1. The van der Waals surface area contributed by atoms with E-state index in [2.05, 4.69) is 20.3 Å². The summed E-state index contributed by atoms with van der Waals surface area (Å²) in [5, 5.41) is 16.4. The molecule has 1 aromatic heterocycles. The molecule has 0 bridgehead atoms. The van der Waals surface area contributed by atoms with Crippen LogP contribution in [0.25, 0.3) is 0 Å². The van der Waals surface area contributed by atoms with Crippen LogP contribution in [-0.4, -0.2) is 41.3 Å². The van der Waals surface area contributed by atoms with Gasteiger partial charge in [0.15, 0.2) is 5.69 Å². The Bertz CT molecular complexity index is 441. The quantitative estimate of drug-likeness (QED) is 0.475. The van der Waals surface area contributed by atoms with E-state index in [-0.39, 0.29) is 18.8 Å². The van der Waals surface area contributed by atoms with Crippen LogP contribution in [0.5, 0.6) is 0 Å². The molecule has 17 heavy (non-hydrogen) atoms. The van der Waals surface area contributed by atoms with Gasteiger partial charge in [-0.2, -0.15) is 0 Å². The van der Waals surface area contributed by atoms with Crippen molar-refractivity contribution in [3.05, 3.63) is 17.5 Å². The number of carboxylic acids is 1. The highest BCUT2D eigenvalue weighted by molar-refractivity contribution is 5.94. The highest BCUT2D eigenvalue weighted by Crippen LogP contribution is 2.02. The third-order valence-corrected chi connectivity index (χ3v) is 1.66. The number of amides is 3. The number of nitrogens with one attached hydrogen (secondary N) is 2. The number of aromatic carboxylic acids is 1. The molecule has 1 rings (SSSR count). The maximum Gasteiger partial charge on any atom is 0.374 e. The molecule has 0 fully saturated rings. The fourth-order valence-electron chi connectivity index (χ4n) is 0.935. The van der Waals surface area contributed by atoms with Gasteiger partial charge in [-0.3, -0.25) is 4.79 Å². The summed E-state index contributed by atoms with van der Waals surface area (Å²) in [5.74, 6) is -2.34. The molecule has 5 N–H and O–H groups in total. The molecule has 0 aliphatic heterocycles. The molecule has 0 saturated carbocycles. The summed E-state index contributed by atoms with van der Waals surface area (Å²) in [5.41, 5.74) is 4.65. The zero-order valence-corrected chi connectivity index (χ0v) is 8.60. The van der Waals surface area contributed by atoms with Crippen LogP contribution in [0.15, 0.2) is 10.6 Å². The van der Waals surface area contributed by atoms with Gasteiger partial charge < -0.3 is 26.0 Å². The van der Waals surface area contributed by atoms with Crippen LogP contribution in [0.3, 0.4) is 0 Å². The van der Waals surface area contributed by atoms with E-state index in [4.69, 9.17) is 10.8 Å². The number of hydrogen-bond donors (Lipinski definition) is 4. The van der Waals surface area contributed by atoms with Crippen molar-refractivity contribution in [3.63, 3.8) is 0 Å². The highest BCUT2D eigenvalue weighted by atomic mass is 16.5. The fraction of sp³-hybridized carbons (Fsp3) is 0.250. The van der Waals surface area contributed by atoms with Gasteiger partial charge in [0.05, 0.1) is 0 Å². The number of hydrogen-bond acceptors (Lipinski definition) is 5. The monoisotopic (exact) mass is 242 g/mol. The topological polar surface area (TPSA) is 148 Å². The molecule has 0 spiro atoms. The average molecular weight is 242 g/mol. The molecule has 3 amide bonds. The van der Waals surface area contributed by atoms with Crippen molar-refractivity contribution >= 4 is 17.9 Å². The zero-order chi connectivity index (χ0) is 12.8. The second-order valence-corrected chi connectivity index (χ2v) is 2.93. The van der Waals surface area contributed by atoms with E-state index in [1.165, 1.54) is 0 Å². The largest absolute Gasteiger partial charge is 0.475 e. The van der Waals surface area contributed by atoms with E-state index in [1.54, 1.807) is 0 Å². The summed E-state index contributed by atoms with van der Waals surface area (Å²) in [6.45, 7) is 0.293. The molecule has 1 aromatic rings. The van der Waals surface area contributed by atoms with Crippen LogP contribution in [0.1, 0.15) is 21.0 Å². The summed E-state index contributed by atoms with van der Waals surface area (Å²) in [4.78, 5) is 32.1. The highest BCUT2D eigenvalue weighted by Gasteiger charge is 2.15. The molecular weight excluding hydrogens is 232 g/mol. The lowest BCUT2D eigenvalue weighted by Crippen LogP contribution is -2.37. The van der Waals surface area contributed by atoms with Gasteiger partial charge in [-0.05, 0) is 0 Å². The van der Waals surface area contributed by atoms with Crippen molar-refractivity contribution < 1.29 is 24.0 Å². The summed E-state index contributed by atoms with van der Waals surface area (Å²) in [6.07, 6.45) is 0. The minimum Gasteiger partial charge on any atom is -0.475 e. The van der Waals surface area contributed by atoms with Crippen molar-refractivity contribution in [2.45, 2.75) is 0 Å². The molecule has 92 valence electrons. The molecule has 0 aromatic carbocycles. The number of carbonyl (C=O) groups excluding carboxylic acids is 2. The molecule has 0 unspecified atom stereocenters. The van der Waals surface area contributed by atoms with Crippen LogP contribution in [0, 0.1) is 0 Å². The first-order valence-electron chi connectivity index (χ1n) is 4.52. The number of primary amides is 1. The maximum absolute atomic E-state index is 11.4. The average Bonchev–Trinajstić information content (AvgIpc) is 2.73. The molecule has 0 saturated heterocycles. The first-order valence-corrected chi connectivity index (χ1v) is 4.52. The lowest BCUT2D eigenvalue weighted by atomic mass is 10.3. The lowest BCUT2D eigenvalue weighted by molar-refractivity contribution is 0.0651. The number of aromatic nitrogens is 1. The van der Waals surface area contributed by atoms with Gasteiger partial charge in [0, 0.05) is 19.2 Å². The third kappa shape index (κ3) is 3.81. The Hall–Kier alpha value is -2.58. The van der Waals surface area contributed by atoms with E-state index < -0.39 is 23.7 Å². The number of nitrogens with two attached hydrogens (primary N) is 1. The van der Waals surface area contributed by atoms with Crippen molar-refractivity contribution in [1.82, 2.24) is 15.8 Å². The Labute approximate surface area is 94.9 Å².